The number of allylic oxidation sites excluding steroid dienone is 1. The zero-order chi connectivity index (χ0) is 17.8. The maximum atomic E-state index is 9.71. The zero-order valence-electron chi connectivity index (χ0n) is 15.3. The van der Waals surface area contributed by atoms with Crippen molar-refractivity contribution in [2.24, 2.45) is 11.8 Å². The van der Waals surface area contributed by atoms with Crippen LogP contribution >= 0.6 is 0 Å². The molecule has 5 atom stereocenters. The van der Waals surface area contributed by atoms with Gasteiger partial charge < -0.3 is 28.8 Å². The van der Waals surface area contributed by atoms with E-state index in [0.717, 1.165) is 62.9 Å². The summed E-state index contributed by atoms with van der Waals surface area (Å²) in [6, 6.07) is 0. The van der Waals surface area contributed by atoms with E-state index >= 15 is 0 Å². The van der Waals surface area contributed by atoms with Gasteiger partial charge in [-0.3, -0.25) is 0 Å². The molecule has 0 saturated carbocycles. The van der Waals surface area contributed by atoms with Gasteiger partial charge in [-0.25, -0.2) is 0 Å². The summed E-state index contributed by atoms with van der Waals surface area (Å²) in [5.41, 5.74) is 2.17. The molecule has 3 aliphatic heterocycles. The number of hydrogen-bond acceptors (Lipinski definition) is 6. The largest absolute Gasteiger partial charge is 0.396 e. The molecule has 6 heteroatoms. The Labute approximate surface area is 155 Å². The first-order valence-corrected chi connectivity index (χ1v) is 9.99. The first-order chi connectivity index (χ1) is 12.8. The Hall–Kier alpha value is -0.760. The Balaban J connectivity index is 1.45. The van der Waals surface area contributed by atoms with Crippen molar-refractivity contribution in [1.29, 1.82) is 0 Å². The predicted octanol–water partition coefficient (Wildman–Crippen LogP) is 2.52. The van der Waals surface area contributed by atoms with Crippen molar-refractivity contribution >= 4 is 0 Å². The molecule has 1 aliphatic carbocycles. The molecule has 1 N–H and O–H groups in total. The molecule has 3 fully saturated rings. The molecule has 0 bridgehead atoms. The average molecular weight is 366 g/mol. The van der Waals surface area contributed by atoms with Gasteiger partial charge in [0, 0.05) is 31.7 Å². The van der Waals surface area contributed by atoms with Gasteiger partial charge in [-0.2, -0.15) is 0 Å². The Morgan fingerprint density at radius 2 is 1.77 bits per heavy atom. The lowest BCUT2D eigenvalue weighted by molar-refractivity contribution is -0.256. The molecule has 0 spiro atoms. The Kier molecular flexibility index (Phi) is 6.40. The first kappa shape index (κ1) is 18.6. The smallest absolute Gasteiger partial charge is 0.184 e. The van der Waals surface area contributed by atoms with E-state index in [4.69, 9.17) is 23.7 Å². The van der Waals surface area contributed by atoms with E-state index in [1.54, 1.807) is 0 Å². The second kappa shape index (κ2) is 8.95. The highest BCUT2D eigenvalue weighted by atomic mass is 16.8. The molecule has 0 aromatic carbocycles. The third-order valence-electron chi connectivity index (χ3n) is 5.67. The molecule has 5 unspecified atom stereocenters. The molecular weight excluding hydrogens is 336 g/mol. The summed E-state index contributed by atoms with van der Waals surface area (Å²) in [5.74, 6) is 0.213. The minimum absolute atomic E-state index is 0.0665. The number of hydrogen-bond donors (Lipinski definition) is 1. The van der Waals surface area contributed by atoms with Crippen LogP contribution in [0.2, 0.25) is 0 Å². The van der Waals surface area contributed by atoms with Gasteiger partial charge in [0.25, 0.3) is 0 Å². The molecule has 0 aromatic heterocycles. The van der Waals surface area contributed by atoms with Crippen molar-refractivity contribution in [1.82, 2.24) is 0 Å². The lowest BCUT2D eigenvalue weighted by Gasteiger charge is -2.37. The van der Waals surface area contributed by atoms with Crippen LogP contribution < -0.4 is 0 Å². The van der Waals surface area contributed by atoms with Gasteiger partial charge in [-0.1, -0.05) is 12.2 Å². The summed E-state index contributed by atoms with van der Waals surface area (Å²) in [7, 11) is 0. The van der Waals surface area contributed by atoms with Gasteiger partial charge in [0.05, 0.1) is 13.2 Å². The van der Waals surface area contributed by atoms with Gasteiger partial charge >= 0.3 is 0 Å². The molecule has 4 aliphatic rings. The highest BCUT2D eigenvalue weighted by Crippen LogP contribution is 2.40. The van der Waals surface area contributed by atoms with E-state index in [9.17, 15) is 5.11 Å². The Bertz CT molecular complexity index is 518. The average Bonchev–Trinajstić information content (AvgIpc) is 3.13. The molecule has 3 saturated heterocycles. The number of ether oxygens (including phenoxy) is 5. The van der Waals surface area contributed by atoms with Crippen LogP contribution in [-0.2, 0) is 23.7 Å². The summed E-state index contributed by atoms with van der Waals surface area (Å²) in [4.78, 5) is 0. The van der Waals surface area contributed by atoms with Gasteiger partial charge in [-0.05, 0) is 49.7 Å². The van der Waals surface area contributed by atoms with Gasteiger partial charge in [-0.15, -0.1) is 0 Å². The van der Waals surface area contributed by atoms with Crippen LogP contribution in [-0.4, -0.2) is 57.0 Å². The van der Waals surface area contributed by atoms with Crippen LogP contribution in [0.25, 0.3) is 0 Å². The predicted molar refractivity (Wildman–Crippen MR) is 94.2 cm³/mol. The van der Waals surface area contributed by atoms with E-state index in [2.05, 4.69) is 12.2 Å². The summed E-state index contributed by atoms with van der Waals surface area (Å²) >= 11 is 0. The number of aliphatic hydroxyl groups is 1. The maximum absolute atomic E-state index is 9.71. The van der Waals surface area contributed by atoms with E-state index in [1.807, 2.05) is 0 Å². The minimum Gasteiger partial charge on any atom is -0.396 e. The van der Waals surface area contributed by atoms with Crippen molar-refractivity contribution in [3.63, 3.8) is 0 Å². The van der Waals surface area contributed by atoms with Crippen molar-refractivity contribution < 1.29 is 28.8 Å². The van der Waals surface area contributed by atoms with E-state index in [-0.39, 0.29) is 31.0 Å². The first-order valence-electron chi connectivity index (χ1n) is 9.99. The molecule has 0 radical (unpaired) electrons. The fourth-order valence-electron chi connectivity index (χ4n) is 4.15. The normalized spacial score (nSPS) is 37.8. The monoisotopic (exact) mass is 366 g/mol. The molecule has 6 nitrogen and oxygen atoms in total. The molecule has 0 aromatic rings. The number of aliphatic hydroxyl groups excluding tert-OH is 1. The molecule has 0 amide bonds. The van der Waals surface area contributed by atoms with Crippen LogP contribution in [0.15, 0.2) is 23.3 Å². The lowest BCUT2D eigenvalue weighted by atomic mass is 9.85. The molecule has 4 rings (SSSR count). The van der Waals surface area contributed by atoms with Crippen molar-refractivity contribution in [2.45, 2.75) is 57.4 Å². The van der Waals surface area contributed by atoms with Gasteiger partial charge in [0.1, 0.15) is 0 Å². The highest BCUT2D eigenvalue weighted by molar-refractivity contribution is 5.40. The zero-order valence-corrected chi connectivity index (χ0v) is 15.3. The molecule has 3 heterocycles. The fraction of sp³-hybridized carbons (Fsp3) is 0.800. The number of rotatable bonds is 6. The summed E-state index contributed by atoms with van der Waals surface area (Å²) in [6.07, 6.45) is 9.80. The second-order valence-corrected chi connectivity index (χ2v) is 7.51. The van der Waals surface area contributed by atoms with Crippen LogP contribution in [0.4, 0.5) is 0 Å². The second-order valence-electron chi connectivity index (χ2n) is 7.51. The molecule has 26 heavy (non-hydrogen) atoms. The van der Waals surface area contributed by atoms with E-state index < -0.39 is 6.29 Å². The topological polar surface area (TPSA) is 66.4 Å². The van der Waals surface area contributed by atoms with Crippen LogP contribution in [0.3, 0.4) is 0 Å². The third kappa shape index (κ3) is 4.21. The Morgan fingerprint density at radius 3 is 2.46 bits per heavy atom. The number of fused-ring (bicyclic) bond motifs is 1. The van der Waals surface area contributed by atoms with Crippen LogP contribution in [0.5, 0.6) is 0 Å². The summed E-state index contributed by atoms with van der Waals surface area (Å²) in [6.45, 7) is 2.60. The standard InChI is InChI=1S/C20H30O6/c21-11-15-13-25-20(26-18-6-2-4-10-23-18)19-14(7-8-16(15)19)12-24-17-5-1-3-9-22-17/h7-8,15-18,20-21H,1-6,9-13H2. The van der Waals surface area contributed by atoms with E-state index in [1.165, 1.54) is 0 Å². The van der Waals surface area contributed by atoms with Crippen LogP contribution in [0.1, 0.15) is 38.5 Å². The SMILES string of the molecule is OCC1COC(OC2CCCCO2)C2=C(COC3CCCCO3)C=CC21. The van der Waals surface area contributed by atoms with Gasteiger partial charge in [0.2, 0.25) is 0 Å². The fourth-order valence-corrected chi connectivity index (χ4v) is 4.15. The van der Waals surface area contributed by atoms with Crippen LogP contribution in [0, 0.1) is 11.8 Å². The van der Waals surface area contributed by atoms with Gasteiger partial charge in [0.15, 0.2) is 18.9 Å². The lowest BCUT2D eigenvalue weighted by Crippen LogP contribution is -2.41. The summed E-state index contributed by atoms with van der Waals surface area (Å²) < 4.78 is 29.5. The van der Waals surface area contributed by atoms with E-state index in [0.29, 0.717) is 13.2 Å². The van der Waals surface area contributed by atoms with Crippen molar-refractivity contribution in [3.05, 3.63) is 23.3 Å². The quantitative estimate of drug-likeness (QED) is 0.779. The van der Waals surface area contributed by atoms with Crippen molar-refractivity contribution in [3.8, 4) is 0 Å². The van der Waals surface area contributed by atoms with Crippen molar-refractivity contribution in [2.75, 3.05) is 33.0 Å². The summed E-state index contributed by atoms with van der Waals surface area (Å²) in [5, 5.41) is 9.71. The third-order valence-corrected chi connectivity index (χ3v) is 5.67. The Morgan fingerprint density at radius 1 is 1.00 bits per heavy atom. The molecule has 146 valence electrons. The highest BCUT2D eigenvalue weighted by Gasteiger charge is 2.40. The minimum atomic E-state index is -0.424. The maximum Gasteiger partial charge on any atom is 0.184 e. The molecular formula is C20H30O6.